The Morgan fingerprint density at radius 2 is 2.00 bits per heavy atom. The van der Waals surface area contributed by atoms with Crippen LogP contribution in [0.15, 0.2) is 35.7 Å². The van der Waals surface area contributed by atoms with Crippen LogP contribution in [0.3, 0.4) is 0 Å². The fourth-order valence-electron chi connectivity index (χ4n) is 2.01. The van der Waals surface area contributed by atoms with E-state index < -0.39 is 15.9 Å². The second kappa shape index (κ2) is 5.35. The summed E-state index contributed by atoms with van der Waals surface area (Å²) >= 11 is 5.61. The van der Waals surface area contributed by atoms with Gasteiger partial charge in [-0.1, -0.05) is 17.7 Å². The van der Waals surface area contributed by atoms with Crippen LogP contribution in [0, 0.1) is 6.92 Å². The molecule has 2 rings (SSSR count). The van der Waals surface area contributed by atoms with Gasteiger partial charge in [0, 0.05) is 11.1 Å². The summed E-state index contributed by atoms with van der Waals surface area (Å²) in [7, 11) is -3.22. The van der Waals surface area contributed by atoms with Gasteiger partial charge >= 0.3 is 0 Å². The Labute approximate surface area is 117 Å². The molecule has 0 saturated carbocycles. The lowest BCUT2D eigenvalue weighted by Crippen LogP contribution is -2.41. The number of nitrogens with zero attached hydrogens (tertiary/aromatic N) is 1. The number of sulfone groups is 1. The molecule has 0 spiro atoms. The van der Waals surface area contributed by atoms with Crippen molar-refractivity contribution in [2.24, 2.45) is 0 Å². The molecule has 1 heterocycles. The van der Waals surface area contributed by atoms with Crippen LogP contribution in [0.2, 0.25) is 0 Å². The van der Waals surface area contributed by atoms with Crippen molar-refractivity contribution < 1.29 is 13.2 Å². The van der Waals surface area contributed by atoms with E-state index >= 15 is 0 Å². The first-order chi connectivity index (χ1) is 8.93. The van der Waals surface area contributed by atoms with Crippen LogP contribution in [0.5, 0.6) is 0 Å². The van der Waals surface area contributed by atoms with E-state index in [0.29, 0.717) is 5.69 Å². The molecule has 4 nitrogen and oxygen atoms in total. The third-order valence-corrected chi connectivity index (χ3v) is 4.54. The maximum absolute atomic E-state index is 12.0. The summed E-state index contributed by atoms with van der Waals surface area (Å²) < 4.78 is 23.0. The number of hydrogen-bond acceptors (Lipinski definition) is 3. The molecule has 0 radical (unpaired) electrons. The van der Waals surface area contributed by atoms with Gasteiger partial charge in [0.05, 0.1) is 11.8 Å². The summed E-state index contributed by atoms with van der Waals surface area (Å²) in [6.07, 6.45) is 1.53. The summed E-state index contributed by atoms with van der Waals surface area (Å²) in [6, 6.07) is 6.84. The Hall–Kier alpha value is -1.33. The number of carbonyl (C=O) groups excluding carboxylic acids is 1. The number of benzene rings is 1. The number of anilines is 1. The number of amides is 1. The number of aryl methyl sites for hydroxylation is 1. The van der Waals surface area contributed by atoms with Crippen molar-refractivity contribution in [1.29, 1.82) is 0 Å². The van der Waals surface area contributed by atoms with E-state index in [4.69, 9.17) is 11.6 Å². The summed E-state index contributed by atoms with van der Waals surface area (Å²) in [5.41, 5.74) is 1.72. The smallest absolute Gasteiger partial charge is 0.242 e. The minimum atomic E-state index is -3.22. The zero-order chi connectivity index (χ0) is 14.0. The van der Waals surface area contributed by atoms with Crippen molar-refractivity contribution in [3.05, 3.63) is 41.3 Å². The topological polar surface area (TPSA) is 54.5 Å². The van der Waals surface area contributed by atoms with Crippen LogP contribution in [0.1, 0.15) is 5.56 Å². The second-order valence-electron chi connectivity index (χ2n) is 4.46. The highest BCUT2D eigenvalue weighted by atomic mass is 35.5. The molecule has 1 aromatic rings. The fourth-order valence-corrected chi connectivity index (χ4v) is 3.41. The molecule has 0 bridgehead atoms. The average molecular weight is 300 g/mol. The first-order valence-electron chi connectivity index (χ1n) is 5.78. The standard InChI is InChI=1S/C13H14ClNO3S/c1-10-2-4-11(5-3-10)15(13(16)8-14)12-6-7-19(17,18)9-12/h2-7,12H,8-9H2,1H3/t12-/m1/s1. The molecule has 1 atom stereocenters. The van der Waals surface area contributed by atoms with Crippen molar-refractivity contribution in [2.75, 3.05) is 16.5 Å². The molecular weight excluding hydrogens is 286 g/mol. The lowest BCUT2D eigenvalue weighted by molar-refractivity contribution is -0.116. The van der Waals surface area contributed by atoms with Crippen molar-refractivity contribution >= 4 is 33.0 Å². The molecule has 1 aliphatic heterocycles. The van der Waals surface area contributed by atoms with Gasteiger partial charge in [0.15, 0.2) is 9.84 Å². The van der Waals surface area contributed by atoms with Gasteiger partial charge in [-0.05, 0) is 25.1 Å². The van der Waals surface area contributed by atoms with E-state index in [1.54, 1.807) is 12.1 Å². The van der Waals surface area contributed by atoms with Crippen LogP contribution in [0.4, 0.5) is 5.69 Å². The van der Waals surface area contributed by atoms with Gasteiger partial charge in [-0.15, -0.1) is 11.6 Å². The molecule has 6 heteroatoms. The van der Waals surface area contributed by atoms with E-state index in [9.17, 15) is 13.2 Å². The normalized spacial score (nSPS) is 20.4. The second-order valence-corrected chi connectivity index (χ2v) is 6.66. The molecule has 0 unspecified atom stereocenters. The summed E-state index contributed by atoms with van der Waals surface area (Å²) in [5.74, 6) is -0.584. The highest BCUT2D eigenvalue weighted by molar-refractivity contribution is 7.94. The van der Waals surface area contributed by atoms with Gasteiger partial charge in [0.1, 0.15) is 5.88 Å². The third kappa shape index (κ3) is 3.16. The molecule has 19 heavy (non-hydrogen) atoms. The molecule has 0 N–H and O–H groups in total. The number of rotatable bonds is 3. The average Bonchev–Trinajstić information content (AvgIpc) is 2.72. The Bertz CT molecular complexity index is 607. The lowest BCUT2D eigenvalue weighted by atomic mass is 10.2. The number of alkyl halides is 1. The van der Waals surface area contributed by atoms with Crippen LogP contribution in [-0.4, -0.2) is 32.0 Å². The van der Waals surface area contributed by atoms with E-state index in [1.807, 2.05) is 19.1 Å². The highest BCUT2D eigenvalue weighted by Gasteiger charge is 2.30. The number of hydrogen-bond donors (Lipinski definition) is 0. The highest BCUT2D eigenvalue weighted by Crippen LogP contribution is 2.23. The molecule has 1 aliphatic rings. The minimum absolute atomic E-state index is 0.0937. The van der Waals surface area contributed by atoms with Crippen molar-refractivity contribution in [3.63, 3.8) is 0 Å². The van der Waals surface area contributed by atoms with Crippen molar-refractivity contribution in [2.45, 2.75) is 13.0 Å². The SMILES string of the molecule is Cc1ccc(N(C(=O)CCl)[C@@H]2C=CS(=O)(=O)C2)cc1. The predicted molar refractivity (Wildman–Crippen MR) is 76.1 cm³/mol. The van der Waals surface area contributed by atoms with Gasteiger partial charge in [0.2, 0.25) is 5.91 Å². The van der Waals surface area contributed by atoms with Crippen molar-refractivity contribution in [1.82, 2.24) is 0 Å². The minimum Gasteiger partial charge on any atom is -0.303 e. The van der Waals surface area contributed by atoms with Gasteiger partial charge < -0.3 is 4.90 Å². The summed E-state index contributed by atoms with van der Waals surface area (Å²) in [6.45, 7) is 1.94. The fraction of sp³-hybridized carbons (Fsp3) is 0.308. The van der Waals surface area contributed by atoms with E-state index in [0.717, 1.165) is 11.0 Å². The molecule has 102 valence electrons. The van der Waals surface area contributed by atoms with Crippen LogP contribution < -0.4 is 4.90 Å². The monoisotopic (exact) mass is 299 g/mol. The van der Waals surface area contributed by atoms with Gasteiger partial charge in [-0.25, -0.2) is 8.42 Å². The van der Waals surface area contributed by atoms with E-state index in [2.05, 4.69) is 0 Å². The van der Waals surface area contributed by atoms with Gasteiger partial charge in [-0.2, -0.15) is 0 Å². The zero-order valence-electron chi connectivity index (χ0n) is 10.4. The maximum atomic E-state index is 12.0. The Kier molecular flexibility index (Phi) is 3.96. The van der Waals surface area contributed by atoms with Crippen LogP contribution >= 0.6 is 11.6 Å². The summed E-state index contributed by atoms with van der Waals surface area (Å²) in [5, 5.41) is 1.15. The number of carbonyl (C=O) groups is 1. The molecule has 0 aliphatic carbocycles. The first kappa shape index (κ1) is 14.1. The Morgan fingerprint density at radius 3 is 2.47 bits per heavy atom. The third-order valence-electron chi connectivity index (χ3n) is 2.94. The molecular formula is C13H14ClNO3S. The number of halogens is 1. The van der Waals surface area contributed by atoms with Crippen molar-refractivity contribution in [3.8, 4) is 0 Å². The molecule has 0 fully saturated rings. The quantitative estimate of drug-likeness (QED) is 0.801. The molecule has 0 saturated heterocycles. The zero-order valence-corrected chi connectivity index (χ0v) is 12.0. The van der Waals surface area contributed by atoms with Gasteiger partial charge in [0.25, 0.3) is 0 Å². The maximum Gasteiger partial charge on any atom is 0.242 e. The lowest BCUT2D eigenvalue weighted by Gasteiger charge is -2.27. The summed E-state index contributed by atoms with van der Waals surface area (Å²) in [4.78, 5) is 13.4. The van der Waals surface area contributed by atoms with Gasteiger partial charge in [-0.3, -0.25) is 4.79 Å². The van der Waals surface area contributed by atoms with Crippen LogP contribution in [-0.2, 0) is 14.6 Å². The first-order valence-corrected chi connectivity index (χ1v) is 8.03. The molecule has 1 aromatic carbocycles. The van der Waals surface area contributed by atoms with E-state index in [-0.39, 0.29) is 17.5 Å². The predicted octanol–water partition coefficient (Wildman–Crippen LogP) is 1.88. The Morgan fingerprint density at radius 1 is 1.37 bits per heavy atom. The molecule has 1 amide bonds. The van der Waals surface area contributed by atoms with E-state index in [1.165, 1.54) is 11.0 Å². The largest absolute Gasteiger partial charge is 0.303 e. The Balaban J connectivity index is 2.35. The molecule has 0 aromatic heterocycles. The van der Waals surface area contributed by atoms with Crippen LogP contribution in [0.25, 0.3) is 0 Å².